The molecule has 1 aromatic carbocycles. The lowest BCUT2D eigenvalue weighted by molar-refractivity contribution is -0.136. The zero-order chi connectivity index (χ0) is 10.8. The van der Waals surface area contributed by atoms with Crippen molar-refractivity contribution in [2.75, 3.05) is 0 Å². The van der Waals surface area contributed by atoms with Crippen molar-refractivity contribution in [3.05, 3.63) is 28.4 Å². The summed E-state index contributed by atoms with van der Waals surface area (Å²) in [7, 11) is 0. The fourth-order valence-corrected chi connectivity index (χ4v) is 1.76. The van der Waals surface area contributed by atoms with Crippen LogP contribution in [-0.2, 0) is 11.2 Å². The van der Waals surface area contributed by atoms with Crippen LogP contribution in [0, 0.1) is 0 Å². The lowest BCUT2D eigenvalue weighted by Crippen LogP contribution is -1.96. The van der Waals surface area contributed by atoms with Crippen LogP contribution < -0.4 is 0 Å². The van der Waals surface area contributed by atoms with E-state index in [1.165, 1.54) is 0 Å². The van der Waals surface area contributed by atoms with Crippen LogP contribution in [0.2, 0.25) is 0 Å². The highest BCUT2D eigenvalue weighted by Crippen LogP contribution is 2.24. The van der Waals surface area contributed by atoms with Crippen molar-refractivity contribution >= 4 is 32.9 Å². The van der Waals surface area contributed by atoms with Gasteiger partial charge in [-0.2, -0.15) is 0 Å². The summed E-state index contributed by atoms with van der Waals surface area (Å²) in [4.78, 5) is 10.4. The molecule has 0 saturated heterocycles. The van der Waals surface area contributed by atoms with Crippen LogP contribution in [0.1, 0.15) is 12.0 Å². The van der Waals surface area contributed by atoms with E-state index in [0.717, 1.165) is 10.9 Å². The summed E-state index contributed by atoms with van der Waals surface area (Å²) in [5.41, 5.74) is 1.61. The first kappa shape index (κ1) is 10.2. The number of aryl methyl sites for hydroxylation is 1. The number of benzene rings is 1. The summed E-state index contributed by atoms with van der Waals surface area (Å²) < 4.78 is 5.72. The van der Waals surface area contributed by atoms with Gasteiger partial charge < -0.3 is 9.63 Å². The number of carbonyl (C=O) groups is 1. The number of fused-ring (bicyclic) bond motifs is 1. The highest BCUT2D eigenvalue weighted by atomic mass is 79.9. The third-order valence-corrected chi connectivity index (χ3v) is 2.69. The summed E-state index contributed by atoms with van der Waals surface area (Å²) >= 11 is 3.25. The molecule has 0 spiro atoms. The molecule has 0 atom stereocenters. The summed E-state index contributed by atoms with van der Waals surface area (Å²) in [6.45, 7) is 0. The van der Waals surface area contributed by atoms with Crippen molar-refractivity contribution in [3.8, 4) is 0 Å². The van der Waals surface area contributed by atoms with Gasteiger partial charge in [0, 0.05) is 6.42 Å². The van der Waals surface area contributed by atoms with Crippen molar-refractivity contribution in [2.45, 2.75) is 12.8 Å². The first-order valence-corrected chi connectivity index (χ1v) is 5.22. The highest BCUT2D eigenvalue weighted by molar-refractivity contribution is 9.10. The van der Waals surface area contributed by atoms with E-state index in [1.807, 2.05) is 18.2 Å². The third-order valence-electron chi connectivity index (χ3n) is 2.12. The Morgan fingerprint density at radius 2 is 2.33 bits per heavy atom. The van der Waals surface area contributed by atoms with Crippen LogP contribution in [0.25, 0.3) is 11.0 Å². The van der Waals surface area contributed by atoms with Gasteiger partial charge in [0.2, 0.25) is 0 Å². The van der Waals surface area contributed by atoms with E-state index in [0.29, 0.717) is 16.6 Å². The molecule has 1 N–H and O–H groups in total. The average molecular weight is 270 g/mol. The largest absolute Gasteiger partial charge is 0.481 e. The smallest absolute Gasteiger partial charge is 0.303 e. The van der Waals surface area contributed by atoms with Gasteiger partial charge in [-0.25, -0.2) is 0 Å². The Morgan fingerprint density at radius 1 is 1.53 bits per heavy atom. The number of aromatic nitrogens is 1. The maximum absolute atomic E-state index is 10.4. The summed E-state index contributed by atoms with van der Waals surface area (Å²) in [6.07, 6.45) is 0.629. The molecule has 0 aliphatic rings. The molecule has 0 radical (unpaired) electrons. The predicted molar refractivity (Wildman–Crippen MR) is 57.7 cm³/mol. The number of carboxylic acid groups (broad SMARTS) is 1. The monoisotopic (exact) mass is 269 g/mol. The minimum atomic E-state index is -0.797. The predicted octanol–water partition coefficient (Wildman–Crippen LogP) is 2.61. The number of hydrogen-bond acceptors (Lipinski definition) is 3. The second-order valence-corrected chi connectivity index (χ2v) is 3.95. The van der Waals surface area contributed by atoms with Gasteiger partial charge in [0.25, 0.3) is 0 Å². The topological polar surface area (TPSA) is 63.3 Å². The van der Waals surface area contributed by atoms with Crippen LogP contribution in [0.3, 0.4) is 0 Å². The lowest BCUT2D eigenvalue weighted by Gasteiger charge is -1.97. The van der Waals surface area contributed by atoms with E-state index >= 15 is 0 Å². The van der Waals surface area contributed by atoms with Crippen LogP contribution in [-0.4, -0.2) is 16.2 Å². The Hall–Kier alpha value is -1.36. The third kappa shape index (κ3) is 2.18. The van der Waals surface area contributed by atoms with Crippen molar-refractivity contribution in [2.24, 2.45) is 0 Å². The number of hydrogen-bond donors (Lipinski definition) is 1. The molecule has 1 heterocycles. The van der Waals surface area contributed by atoms with Gasteiger partial charge in [-0.15, -0.1) is 0 Å². The van der Waals surface area contributed by atoms with Crippen molar-refractivity contribution in [1.29, 1.82) is 0 Å². The lowest BCUT2D eigenvalue weighted by atomic mass is 10.1. The number of rotatable bonds is 3. The van der Waals surface area contributed by atoms with E-state index in [2.05, 4.69) is 21.1 Å². The van der Waals surface area contributed by atoms with Gasteiger partial charge in [-0.1, -0.05) is 11.2 Å². The first-order chi connectivity index (χ1) is 7.16. The van der Waals surface area contributed by atoms with E-state index in [9.17, 15) is 4.79 Å². The Balaban J connectivity index is 2.27. The molecule has 0 fully saturated rings. The summed E-state index contributed by atoms with van der Waals surface area (Å²) in [5, 5.41) is 13.2. The fourth-order valence-electron chi connectivity index (χ4n) is 1.36. The standard InChI is InChI=1S/C10H8BrNO3/c11-10-7-3-1-6(2-4-9(13)14)5-8(7)15-12-10/h1,3,5H,2,4H2,(H,13,14). The van der Waals surface area contributed by atoms with E-state index in [1.54, 1.807) is 0 Å². The maximum Gasteiger partial charge on any atom is 0.303 e. The molecule has 0 bridgehead atoms. The van der Waals surface area contributed by atoms with Crippen molar-refractivity contribution in [1.82, 2.24) is 5.16 Å². The molecule has 0 aliphatic heterocycles. The second kappa shape index (κ2) is 4.02. The number of carboxylic acids is 1. The molecule has 2 rings (SSSR count). The van der Waals surface area contributed by atoms with Gasteiger partial charge in [-0.05, 0) is 40.0 Å². The highest BCUT2D eigenvalue weighted by Gasteiger charge is 2.06. The Kier molecular flexibility index (Phi) is 2.73. The number of aliphatic carboxylic acids is 1. The Morgan fingerprint density at radius 3 is 3.07 bits per heavy atom. The molecule has 4 nitrogen and oxygen atoms in total. The van der Waals surface area contributed by atoms with Gasteiger partial charge in [0.1, 0.15) is 0 Å². The number of halogens is 1. The van der Waals surface area contributed by atoms with E-state index in [-0.39, 0.29) is 6.42 Å². The van der Waals surface area contributed by atoms with E-state index < -0.39 is 5.97 Å². The first-order valence-electron chi connectivity index (χ1n) is 4.42. The minimum Gasteiger partial charge on any atom is -0.481 e. The maximum atomic E-state index is 10.4. The van der Waals surface area contributed by atoms with Gasteiger partial charge in [-0.3, -0.25) is 4.79 Å². The van der Waals surface area contributed by atoms with Gasteiger partial charge in [0.05, 0.1) is 5.39 Å². The molecule has 1 aromatic heterocycles. The molecular weight excluding hydrogens is 262 g/mol. The summed E-state index contributed by atoms with van der Waals surface area (Å²) in [6, 6.07) is 5.57. The van der Waals surface area contributed by atoms with Crippen LogP contribution in [0.5, 0.6) is 0 Å². The molecule has 0 amide bonds. The van der Waals surface area contributed by atoms with Crippen molar-refractivity contribution < 1.29 is 14.4 Å². The SMILES string of the molecule is O=C(O)CCc1ccc2c(Br)noc2c1. The molecule has 15 heavy (non-hydrogen) atoms. The molecule has 0 unspecified atom stereocenters. The molecule has 78 valence electrons. The normalized spacial score (nSPS) is 10.7. The number of nitrogens with zero attached hydrogens (tertiary/aromatic N) is 1. The fraction of sp³-hybridized carbons (Fsp3) is 0.200. The second-order valence-electron chi connectivity index (χ2n) is 3.20. The molecule has 0 saturated carbocycles. The molecule has 2 aromatic rings. The van der Waals surface area contributed by atoms with E-state index in [4.69, 9.17) is 9.63 Å². The Bertz CT molecular complexity index is 506. The summed E-state index contributed by atoms with van der Waals surface area (Å²) in [5.74, 6) is -0.797. The molecule has 0 aliphatic carbocycles. The van der Waals surface area contributed by atoms with Crippen LogP contribution >= 0.6 is 15.9 Å². The zero-order valence-electron chi connectivity index (χ0n) is 7.74. The van der Waals surface area contributed by atoms with Gasteiger partial charge >= 0.3 is 5.97 Å². The Labute approximate surface area is 94.0 Å². The van der Waals surface area contributed by atoms with Gasteiger partial charge in [0.15, 0.2) is 10.2 Å². The zero-order valence-corrected chi connectivity index (χ0v) is 9.32. The molecule has 5 heteroatoms. The average Bonchev–Trinajstić information content (AvgIpc) is 2.57. The van der Waals surface area contributed by atoms with Crippen LogP contribution in [0.4, 0.5) is 0 Å². The van der Waals surface area contributed by atoms with Crippen LogP contribution in [0.15, 0.2) is 27.3 Å². The minimum absolute atomic E-state index is 0.126. The molecular formula is C10H8BrNO3. The van der Waals surface area contributed by atoms with Crippen molar-refractivity contribution in [3.63, 3.8) is 0 Å². The quantitative estimate of drug-likeness (QED) is 0.931.